The summed E-state index contributed by atoms with van der Waals surface area (Å²) in [7, 11) is 1.17. The molecular formula is C17H16F3NO3. The van der Waals surface area contributed by atoms with Gasteiger partial charge in [0.2, 0.25) is 0 Å². The van der Waals surface area contributed by atoms with Crippen molar-refractivity contribution in [2.24, 2.45) is 0 Å². The number of alkyl halides is 3. The number of ether oxygens (including phenoxy) is 1. The van der Waals surface area contributed by atoms with E-state index in [1.165, 1.54) is 25.3 Å². The molecule has 1 aromatic carbocycles. The van der Waals surface area contributed by atoms with Crippen LogP contribution in [0.3, 0.4) is 0 Å². The Morgan fingerprint density at radius 1 is 1.25 bits per heavy atom. The lowest BCUT2D eigenvalue weighted by atomic mass is 9.96. The number of carbonyl (C=O) groups excluding carboxylic acids is 1. The molecule has 1 heterocycles. The molecule has 0 radical (unpaired) electrons. The van der Waals surface area contributed by atoms with Crippen LogP contribution in [0.15, 0.2) is 28.7 Å². The Labute approximate surface area is 136 Å². The first-order valence-corrected chi connectivity index (χ1v) is 7.67. The Hall–Kier alpha value is -2.31. The molecule has 0 saturated heterocycles. The van der Waals surface area contributed by atoms with Crippen LogP contribution in [-0.2, 0) is 10.9 Å². The summed E-state index contributed by atoms with van der Waals surface area (Å²) in [6, 6.07) is 5.15. The van der Waals surface area contributed by atoms with E-state index in [1.807, 2.05) is 0 Å². The zero-order valence-corrected chi connectivity index (χ0v) is 13.0. The number of methoxy groups -OCH3 is 1. The molecule has 1 aliphatic rings. The predicted molar refractivity (Wildman–Crippen MR) is 79.5 cm³/mol. The minimum absolute atomic E-state index is 0.00947. The minimum Gasteiger partial charge on any atom is -0.462 e. The van der Waals surface area contributed by atoms with Gasteiger partial charge in [0.25, 0.3) is 0 Å². The van der Waals surface area contributed by atoms with Crippen LogP contribution >= 0.6 is 0 Å². The summed E-state index contributed by atoms with van der Waals surface area (Å²) < 4.78 is 50.0. The Kier molecular flexibility index (Phi) is 4.34. The highest BCUT2D eigenvalue weighted by atomic mass is 19.4. The van der Waals surface area contributed by atoms with Crippen molar-refractivity contribution in [2.45, 2.75) is 37.8 Å². The van der Waals surface area contributed by atoms with Gasteiger partial charge in [0.1, 0.15) is 0 Å². The van der Waals surface area contributed by atoms with E-state index in [2.05, 4.69) is 9.72 Å². The predicted octanol–water partition coefficient (Wildman–Crippen LogP) is 4.80. The van der Waals surface area contributed by atoms with Crippen LogP contribution in [0.4, 0.5) is 13.2 Å². The number of oxazole rings is 1. The summed E-state index contributed by atoms with van der Waals surface area (Å²) in [5.41, 5.74) is -0.504. The number of carbonyl (C=O) groups is 1. The highest BCUT2D eigenvalue weighted by Crippen LogP contribution is 2.43. The fraction of sp³-hybridized carbons (Fsp3) is 0.412. The van der Waals surface area contributed by atoms with E-state index in [0.717, 1.165) is 31.7 Å². The lowest BCUT2D eigenvalue weighted by molar-refractivity contribution is -0.137. The van der Waals surface area contributed by atoms with Crippen molar-refractivity contribution >= 4 is 5.97 Å². The molecule has 0 N–H and O–H groups in total. The highest BCUT2D eigenvalue weighted by molar-refractivity contribution is 5.85. The Morgan fingerprint density at radius 2 is 1.92 bits per heavy atom. The van der Waals surface area contributed by atoms with Crippen LogP contribution < -0.4 is 0 Å². The molecule has 0 atom stereocenters. The smallest absolute Gasteiger partial charge is 0.417 e. The number of hydrogen-bond acceptors (Lipinski definition) is 4. The van der Waals surface area contributed by atoms with E-state index in [9.17, 15) is 18.0 Å². The summed E-state index contributed by atoms with van der Waals surface area (Å²) in [5, 5.41) is 0. The molecule has 1 saturated carbocycles. The van der Waals surface area contributed by atoms with Crippen LogP contribution in [0.2, 0.25) is 0 Å². The van der Waals surface area contributed by atoms with E-state index in [-0.39, 0.29) is 23.1 Å². The van der Waals surface area contributed by atoms with Gasteiger partial charge in [-0.2, -0.15) is 13.2 Å². The standard InChI is InChI=1S/C17H16F3NO3/c1-23-16(22)15-21-13(10-6-2-3-7-10)14(24-15)11-8-4-5-9-12(11)17(18,19)20/h4-5,8-10H,2-3,6-7H2,1H3. The average Bonchev–Trinajstić information content (AvgIpc) is 3.22. The molecule has 0 bridgehead atoms. The molecule has 0 amide bonds. The summed E-state index contributed by atoms with van der Waals surface area (Å²) in [4.78, 5) is 15.9. The number of hydrogen-bond donors (Lipinski definition) is 0. The summed E-state index contributed by atoms with van der Waals surface area (Å²) >= 11 is 0. The highest BCUT2D eigenvalue weighted by Gasteiger charge is 2.37. The Bertz CT molecular complexity index is 746. The minimum atomic E-state index is -4.53. The molecule has 1 aromatic heterocycles. The van der Waals surface area contributed by atoms with Crippen molar-refractivity contribution < 1.29 is 27.1 Å². The van der Waals surface area contributed by atoms with Crippen molar-refractivity contribution in [1.82, 2.24) is 4.98 Å². The molecule has 7 heteroatoms. The van der Waals surface area contributed by atoms with Gasteiger partial charge >= 0.3 is 18.0 Å². The molecule has 1 aliphatic carbocycles. The second kappa shape index (κ2) is 6.30. The van der Waals surface area contributed by atoms with Gasteiger partial charge in [0.15, 0.2) is 5.76 Å². The summed E-state index contributed by atoms with van der Waals surface area (Å²) in [6.45, 7) is 0. The van der Waals surface area contributed by atoms with Crippen molar-refractivity contribution in [2.75, 3.05) is 7.11 Å². The lowest BCUT2D eigenvalue weighted by Gasteiger charge is -2.13. The van der Waals surface area contributed by atoms with Gasteiger partial charge in [0.05, 0.1) is 18.4 Å². The number of rotatable bonds is 3. The number of benzene rings is 1. The SMILES string of the molecule is COC(=O)c1nc(C2CCCC2)c(-c2ccccc2C(F)(F)F)o1. The maximum Gasteiger partial charge on any atom is 0.417 e. The second-order valence-electron chi connectivity index (χ2n) is 5.75. The molecule has 3 rings (SSSR count). The zero-order valence-electron chi connectivity index (χ0n) is 13.0. The van der Waals surface area contributed by atoms with Crippen LogP contribution in [-0.4, -0.2) is 18.1 Å². The van der Waals surface area contributed by atoms with Crippen molar-refractivity contribution in [3.63, 3.8) is 0 Å². The van der Waals surface area contributed by atoms with E-state index in [0.29, 0.717) is 5.69 Å². The first-order valence-electron chi connectivity index (χ1n) is 7.67. The van der Waals surface area contributed by atoms with Crippen molar-refractivity contribution in [3.05, 3.63) is 41.4 Å². The normalized spacial score (nSPS) is 15.7. The second-order valence-corrected chi connectivity index (χ2v) is 5.75. The van der Waals surface area contributed by atoms with Gasteiger partial charge in [-0.25, -0.2) is 9.78 Å². The van der Waals surface area contributed by atoms with E-state index >= 15 is 0 Å². The molecule has 1 fully saturated rings. The molecule has 0 unspecified atom stereocenters. The van der Waals surface area contributed by atoms with Crippen LogP contribution in [0.25, 0.3) is 11.3 Å². The van der Waals surface area contributed by atoms with Gasteiger partial charge in [-0.15, -0.1) is 0 Å². The first kappa shape index (κ1) is 16.5. The maximum absolute atomic E-state index is 13.3. The fourth-order valence-corrected chi connectivity index (χ4v) is 3.10. The third kappa shape index (κ3) is 3.02. The molecule has 0 aliphatic heterocycles. The molecule has 24 heavy (non-hydrogen) atoms. The molecule has 0 spiro atoms. The fourth-order valence-electron chi connectivity index (χ4n) is 3.10. The molecule has 128 valence electrons. The van der Waals surface area contributed by atoms with Gasteiger partial charge in [0, 0.05) is 11.5 Å². The van der Waals surface area contributed by atoms with Crippen molar-refractivity contribution in [3.8, 4) is 11.3 Å². The summed E-state index contributed by atoms with van der Waals surface area (Å²) in [6.07, 6.45) is -0.943. The number of aromatic nitrogens is 1. The van der Waals surface area contributed by atoms with Crippen molar-refractivity contribution in [1.29, 1.82) is 0 Å². The topological polar surface area (TPSA) is 52.3 Å². The monoisotopic (exact) mass is 339 g/mol. The average molecular weight is 339 g/mol. The quantitative estimate of drug-likeness (QED) is 0.754. The van der Waals surface area contributed by atoms with Crippen LogP contribution in [0.1, 0.15) is 53.5 Å². The maximum atomic E-state index is 13.3. The molecular weight excluding hydrogens is 323 g/mol. The number of nitrogens with zero attached hydrogens (tertiary/aromatic N) is 1. The van der Waals surface area contributed by atoms with Gasteiger partial charge in [-0.3, -0.25) is 0 Å². The zero-order chi connectivity index (χ0) is 17.3. The number of esters is 1. The van der Waals surface area contributed by atoms with E-state index in [1.54, 1.807) is 0 Å². The van der Waals surface area contributed by atoms with Crippen LogP contribution in [0.5, 0.6) is 0 Å². The van der Waals surface area contributed by atoms with Crippen LogP contribution in [0, 0.1) is 0 Å². The Balaban J connectivity index is 2.16. The van der Waals surface area contributed by atoms with Gasteiger partial charge < -0.3 is 9.15 Å². The van der Waals surface area contributed by atoms with Gasteiger partial charge in [-0.05, 0) is 18.9 Å². The first-order chi connectivity index (χ1) is 11.4. The third-order valence-electron chi connectivity index (χ3n) is 4.23. The van der Waals surface area contributed by atoms with E-state index in [4.69, 9.17) is 4.42 Å². The Morgan fingerprint density at radius 3 is 2.54 bits per heavy atom. The molecule has 2 aromatic rings. The lowest BCUT2D eigenvalue weighted by Crippen LogP contribution is -2.07. The number of halogens is 3. The molecule has 4 nitrogen and oxygen atoms in total. The largest absolute Gasteiger partial charge is 0.462 e. The summed E-state index contributed by atoms with van der Waals surface area (Å²) in [5.74, 6) is -1.12. The van der Waals surface area contributed by atoms with E-state index < -0.39 is 17.7 Å². The third-order valence-corrected chi connectivity index (χ3v) is 4.23. The van der Waals surface area contributed by atoms with Gasteiger partial charge in [-0.1, -0.05) is 31.0 Å².